The van der Waals surface area contributed by atoms with Crippen LogP contribution in [0.5, 0.6) is 0 Å². The zero-order chi connectivity index (χ0) is 37.3. The first-order valence-corrected chi connectivity index (χ1v) is 19.2. The normalized spacial score (nSPS) is 11.2. The van der Waals surface area contributed by atoms with E-state index in [0.717, 1.165) is 50.5 Å². The van der Waals surface area contributed by atoms with E-state index in [2.05, 4.69) is 240 Å². The molecule has 0 spiro atoms. The average molecular weight is 715 g/mol. The summed E-state index contributed by atoms with van der Waals surface area (Å²) in [5, 5.41) is 2.46. The first-order valence-electron chi connectivity index (χ1n) is 19.2. The Hall–Kier alpha value is -7.42. The molecule has 0 aliphatic rings. The quantitative estimate of drug-likeness (QED) is 0.152. The number of aromatic nitrogens is 1. The van der Waals surface area contributed by atoms with Gasteiger partial charge in [0.2, 0.25) is 0 Å². The van der Waals surface area contributed by atoms with E-state index >= 15 is 0 Å². The monoisotopic (exact) mass is 714 g/mol. The molecule has 0 atom stereocenters. The molecule has 0 fully saturated rings. The molecular formula is C54H38N2. The summed E-state index contributed by atoms with van der Waals surface area (Å²) < 4.78 is 2.40. The van der Waals surface area contributed by atoms with Crippen molar-refractivity contribution in [2.45, 2.75) is 0 Å². The molecule has 10 aromatic rings. The molecule has 2 heteroatoms. The zero-order valence-electron chi connectivity index (χ0n) is 30.8. The van der Waals surface area contributed by atoms with E-state index in [-0.39, 0.29) is 0 Å². The number of benzene rings is 9. The molecule has 1 heterocycles. The second-order valence-corrected chi connectivity index (χ2v) is 14.2. The molecule has 0 aliphatic carbocycles. The first kappa shape index (κ1) is 33.2. The van der Waals surface area contributed by atoms with Gasteiger partial charge in [0.15, 0.2) is 0 Å². The van der Waals surface area contributed by atoms with Gasteiger partial charge < -0.3 is 9.47 Å². The number of fused-ring (bicyclic) bond motifs is 3. The summed E-state index contributed by atoms with van der Waals surface area (Å²) in [6, 6.07) is 83.3. The second-order valence-electron chi connectivity index (χ2n) is 14.2. The van der Waals surface area contributed by atoms with Gasteiger partial charge in [-0.05, 0) is 99.6 Å². The molecule has 0 unspecified atom stereocenters. The third-order valence-electron chi connectivity index (χ3n) is 10.7. The van der Waals surface area contributed by atoms with Crippen LogP contribution in [0.2, 0.25) is 0 Å². The van der Waals surface area contributed by atoms with E-state index in [9.17, 15) is 0 Å². The molecule has 0 saturated carbocycles. The van der Waals surface area contributed by atoms with E-state index in [0.29, 0.717) is 0 Å². The lowest BCUT2D eigenvalue weighted by atomic mass is 9.94. The molecule has 1 aromatic heterocycles. The first-order chi connectivity index (χ1) is 27.8. The van der Waals surface area contributed by atoms with Crippen molar-refractivity contribution in [2.24, 2.45) is 0 Å². The fourth-order valence-electron chi connectivity index (χ4n) is 8.11. The van der Waals surface area contributed by atoms with Crippen molar-refractivity contribution in [1.82, 2.24) is 4.57 Å². The summed E-state index contributed by atoms with van der Waals surface area (Å²) in [5.41, 5.74) is 16.1. The molecule has 0 aliphatic heterocycles. The number of hydrogen-bond donors (Lipinski definition) is 0. The van der Waals surface area contributed by atoms with Gasteiger partial charge in [-0.15, -0.1) is 0 Å². The van der Waals surface area contributed by atoms with Crippen molar-refractivity contribution >= 4 is 38.9 Å². The number of nitrogens with zero attached hydrogens (tertiary/aromatic N) is 2. The van der Waals surface area contributed by atoms with Gasteiger partial charge >= 0.3 is 0 Å². The third kappa shape index (κ3) is 6.14. The van der Waals surface area contributed by atoms with E-state index < -0.39 is 0 Å². The Morgan fingerprint density at radius 1 is 0.286 bits per heavy atom. The number of anilines is 3. The van der Waals surface area contributed by atoms with Gasteiger partial charge in [-0.25, -0.2) is 0 Å². The van der Waals surface area contributed by atoms with Crippen molar-refractivity contribution in [2.75, 3.05) is 4.90 Å². The smallest absolute Gasteiger partial charge is 0.0561 e. The van der Waals surface area contributed by atoms with Crippen LogP contribution in [0.1, 0.15) is 0 Å². The van der Waals surface area contributed by atoms with Crippen LogP contribution in [0.15, 0.2) is 231 Å². The summed E-state index contributed by atoms with van der Waals surface area (Å²) in [7, 11) is 0. The van der Waals surface area contributed by atoms with Crippen LogP contribution >= 0.6 is 0 Å². The summed E-state index contributed by atoms with van der Waals surface area (Å²) in [5.74, 6) is 0. The lowest BCUT2D eigenvalue weighted by Crippen LogP contribution is -2.12. The minimum absolute atomic E-state index is 1.08. The average Bonchev–Trinajstić information content (AvgIpc) is 3.61. The van der Waals surface area contributed by atoms with Gasteiger partial charge in [0.25, 0.3) is 0 Å². The molecule has 56 heavy (non-hydrogen) atoms. The van der Waals surface area contributed by atoms with E-state index in [1.54, 1.807) is 0 Å². The van der Waals surface area contributed by atoms with Crippen LogP contribution in [-0.4, -0.2) is 4.57 Å². The standard InChI is InChI=1S/C54H38N2/c1-6-18-39(19-7-1)43-30-33-53(51(37-43)42-24-12-4-13-25-42)55(48-35-44(40-20-8-2-9-21-40)34-45(36-48)41-22-10-3-11-23-41)47-31-32-50-49-28-16-17-29-52(49)56(54(50)38-47)46-26-14-5-15-27-46/h1-38H. The molecule has 0 amide bonds. The van der Waals surface area contributed by atoms with Gasteiger partial charge in [0.1, 0.15) is 0 Å². The molecule has 0 bridgehead atoms. The van der Waals surface area contributed by atoms with Gasteiger partial charge in [0.05, 0.1) is 16.7 Å². The molecular weight excluding hydrogens is 677 g/mol. The van der Waals surface area contributed by atoms with Crippen LogP contribution in [0.4, 0.5) is 17.1 Å². The van der Waals surface area contributed by atoms with Crippen LogP contribution < -0.4 is 4.90 Å². The maximum absolute atomic E-state index is 2.46. The Morgan fingerprint density at radius 3 is 1.39 bits per heavy atom. The predicted molar refractivity (Wildman–Crippen MR) is 237 cm³/mol. The zero-order valence-corrected chi connectivity index (χ0v) is 30.8. The summed E-state index contributed by atoms with van der Waals surface area (Å²) >= 11 is 0. The van der Waals surface area contributed by atoms with Gasteiger partial charge in [-0.2, -0.15) is 0 Å². The largest absolute Gasteiger partial charge is 0.310 e. The topological polar surface area (TPSA) is 8.17 Å². The third-order valence-corrected chi connectivity index (χ3v) is 10.7. The molecule has 0 saturated heterocycles. The fourth-order valence-corrected chi connectivity index (χ4v) is 8.11. The number of hydrogen-bond acceptors (Lipinski definition) is 1. The molecule has 0 N–H and O–H groups in total. The maximum atomic E-state index is 2.46. The summed E-state index contributed by atoms with van der Waals surface area (Å²) in [4.78, 5) is 2.46. The fraction of sp³-hybridized carbons (Fsp3) is 0. The number of para-hydroxylation sites is 2. The number of rotatable bonds is 8. The highest BCUT2D eigenvalue weighted by Crippen LogP contribution is 2.46. The summed E-state index contributed by atoms with van der Waals surface area (Å²) in [6.07, 6.45) is 0. The minimum Gasteiger partial charge on any atom is -0.310 e. The van der Waals surface area contributed by atoms with Crippen LogP contribution in [0.3, 0.4) is 0 Å². The van der Waals surface area contributed by atoms with Gasteiger partial charge in [-0.3, -0.25) is 0 Å². The van der Waals surface area contributed by atoms with Crippen molar-refractivity contribution in [3.63, 3.8) is 0 Å². The Labute approximate surface area is 327 Å². The lowest BCUT2D eigenvalue weighted by molar-refractivity contribution is 1.18. The minimum atomic E-state index is 1.08. The van der Waals surface area contributed by atoms with Crippen molar-refractivity contribution < 1.29 is 0 Å². The second kappa shape index (κ2) is 14.4. The van der Waals surface area contributed by atoms with E-state index in [4.69, 9.17) is 0 Å². The highest BCUT2D eigenvalue weighted by Gasteiger charge is 2.22. The van der Waals surface area contributed by atoms with Crippen molar-refractivity contribution in [1.29, 1.82) is 0 Å². The van der Waals surface area contributed by atoms with Crippen LogP contribution in [0, 0.1) is 0 Å². The van der Waals surface area contributed by atoms with Crippen molar-refractivity contribution in [3.8, 4) is 50.2 Å². The Balaban J connectivity index is 1.29. The summed E-state index contributed by atoms with van der Waals surface area (Å²) in [6.45, 7) is 0. The molecule has 10 rings (SSSR count). The van der Waals surface area contributed by atoms with E-state index in [1.807, 2.05) is 0 Å². The molecule has 9 aromatic carbocycles. The SMILES string of the molecule is c1ccc(-c2cc(-c3ccccc3)cc(N(c3ccc4c5ccccc5n(-c5ccccc5)c4c3)c3ccc(-c4ccccc4)cc3-c3ccccc3)c2)cc1. The molecule has 0 radical (unpaired) electrons. The Morgan fingerprint density at radius 2 is 0.786 bits per heavy atom. The maximum Gasteiger partial charge on any atom is 0.0561 e. The lowest BCUT2D eigenvalue weighted by Gasteiger charge is -2.29. The Kier molecular flexibility index (Phi) is 8.55. The Bertz CT molecular complexity index is 2880. The highest BCUT2D eigenvalue weighted by molar-refractivity contribution is 6.10. The highest BCUT2D eigenvalue weighted by atomic mass is 15.1. The van der Waals surface area contributed by atoms with E-state index in [1.165, 1.54) is 38.5 Å². The molecule has 264 valence electrons. The van der Waals surface area contributed by atoms with Gasteiger partial charge in [-0.1, -0.05) is 170 Å². The van der Waals surface area contributed by atoms with Crippen LogP contribution in [0.25, 0.3) is 72.0 Å². The van der Waals surface area contributed by atoms with Crippen molar-refractivity contribution in [3.05, 3.63) is 231 Å². The van der Waals surface area contributed by atoms with Gasteiger partial charge in [0, 0.05) is 33.4 Å². The predicted octanol–water partition coefficient (Wildman–Crippen LogP) is 14.9. The van der Waals surface area contributed by atoms with Crippen LogP contribution in [-0.2, 0) is 0 Å². The molecule has 2 nitrogen and oxygen atoms in total.